The zero-order valence-corrected chi connectivity index (χ0v) is 17.8. The Morgan fingerprint density at radius 2 is 1.38 bits per heavy atom. The predicted octanol–water partition coefficient (Wildman–Crippen LogP) is 4.53. The summed E-state index contributed by atoms with van der Waals surface area (Å²) in [4.78, 5) is 0. The summed E-state index contributed by atoms with van der Waals surface area (Å²) in [7, 11) is 3.62. The van der Waals surface area contributed by atoms with Crippen molar-refractivity contribution >= 4 is 0 Å². The van der Waals surface area contributed by atoms with Gasteiger partial charge in [0.25, 0.3) is 0 Å². The molecule has 0 radical (unpaired) electrons. The molecule has 0 unspecified atom stereocenters. The average molecular weight is 405 g/mol. The molecule has 2 saturated carbocycles. The molecule has 1 aromatic carbocycles. The molecule has 162 valence electrons. The third-order valence-corrected chi connectivity index (χ3v) is 7.48. The molecular formula is C24H36O5. The van der Waals surface area contributed by atoms with Gasteiger partial charge in [0, 0.05) is 20.6 Å². The highest BCUT2D eigenvalue weighted by atomic mass is 16.7. The number of aliphatic hydroxyl groups is 1. The lowest BCUT2D eigenvalue weighted by atomic mass is 9.81. The molecule has 1 saturated heterocycles. The van der Waals surface area contributed by atoms with Crippen molar-refractivity contribution in [1.82, 2.24) is 0 Å². The van der Waals surface area contributed by atoms with Crippen molar-refractivity contribution in [2.75, 3.05) is 14.2 Å². The summed E-state index contributed by atoms with van der Waals surface area (Å²) in [5.41, 5.74) is 0.365. The molecule has 3 aliphatic rings. The third-order valence-electron chi connectivity index (χ3n) is 7.48. The Morgan fingerprint density at radius 3 is 1.83 bits per heavy atom. The number of hydrogen-bond acceptors (Lipinski definition) is 5. The number of aliphatic hydroxyl groups excluding tert-OH is 1. The van der Waals surface area contributed by atoms with Gasteiger partial charge in [-0.25, -0.2) is 0 Å². The number of rotatable bonds is 8. The minimum Gasteiger partial charge on any atom is -0.388 e. The van der Waals surface area contributed by atoms with E-state index >= 15 is 0 Å². The number of ether oxygens (including phenoxy) is 4. The van der Waals surface area contributed by atoms with Crippen LogP contribution in [0.5, 0.6) is 0 Å². The number of hydrogen-bond donors (Lipinski definition) is 1. The highest BCUT2D eigenvalue weighted by Crippen LogP contribution is 2.49. The van der Waals surface area contributed by atoms with Crippen molar-refractivity contribution in [3.05, 3.63) is 35.9 Å². The fourth-order valence-electron chi connectivity index (χ4n) is 5.73. The van der Waals surface area contributed by atoms with E-state index in [0.29, 0.717) is 12.8 Å². The smallest absolute Gasteiger partial charge is 0.159 e. The minimum atomic E-state index is -0.508. The van der Waals surface area contributed by atoms with E-state index in [1.54, 1.807) is 0 Å². The average Bonchev–Trinajstić information content (AvgIpc) is 3.52. The van der Waals surface area contributed by atoms with Gasteiger partial charge in [0.1, 0.15) is 12.2 Å². The molecule has 1 N–H and O–H groups in total. The normalized spacial score (nSPS) is 30.0. The molecule has 0 bridgehead atoms. The van der Waals surface area contributed by atoms with E-state index in [4.69, 9.17) is 18.9 Å². The van der Waals surface area contributed by atoms with E-state index in [9.17, 15) is 5.11 Å². The van der Waals surface area contributed by atoms with Crippen LogP contribution in [0.1, 0.15) is 75.9 Å². The van der Waals surface area contributed by atoms with Gasteiger partial charge in [-0.15, -0.1) is 0 Å². The van der Waals surface area contributed by atoms with Crippen molar-refractivity contribution in [2.24, 2.45) is 0 Å². The standard InChI is InChI=1S/C24H36O5/c1-26-23(14-6-7-15-23)21-22(24(27-2)16-8-9-17-24)29-20(28-21)13-12-19(25)18-10-4-3-5-11-18/h3-5,10-11,19-22,25H,6-9,12-17H2,1-2H3/t19-,21-,22-/m0/s1. The second kappa shape index (κ2) is 9.03. The van der Waals surface area contributed by atoms with Crippen LogP contribution in [0.15, 0.2) is 30.3 Å². The van der Waals surface area contributed by atoms with Crippen LogP contribution >= 0.6 is 0 Å². The molecule has 5 nitrogen and oxygen atoms in total. The molecule has 2 aliphatic carbocycles. The van der Waals surface area contributed by atoms with Gasteiger partial charge in [-0.2, -0.15) is 0 Å². The second-order valence-electron chi connectivity index (χ2n) is 9.00. The zero-order chi connectivity index (χ0) is 20.3. The van der Waals surface area contributed by atoms with Gasteiger partial charge in [0.15, 0.2) is 6.29 Å². The maximum Gasteiger partial charge on any atom is 0.159 e. The largest absolute Gasteiger partial charge is 0.388 e. The first-order chi connectivity index (χ1) is 14.1. The SMILES string of the molecule is COC1([C@H]2OC(CC[C@H](O)c3ccccc3)O[C@@H]2C2(OC)CCCC2)CCCC1. The van der Waals surface area contributed by atoms with Crippen molar-refractivity contribution in [3.63, 3.8) is 0 Å². The first kappa shape index (κ1) is 21.3. The summed E-state index contributed by atoms with van der Waals surface area (Å²) in [6, 6.07) is 9.80. The van der Waals surface area contributed by atoms with Crippen LogP contribution in [-0.2, 0) is 18.9 Å². The first-order valence-electron chi connectivity index (χ1n) is 11.3. The molecule has 5 heteroatoms. The van der Waals surface area contributed by atoms with Crippen LogP contribution in [0.3, 0.4) is 0 Å². The minimum absolute atomic E-state index is 0.119. The highest BCUT2D eigenvalue weighted by Gasteiger charge is 2.59. The van der Waals surface area contributed by atoms with Gasteiger partial charge in [-0.05, 0) is 37.7 Å². The van der Waals surface area contributed by atoms with Crippen molar-refractivity contribution in [2.45, 2.75) is 100 Å². The molecule has 1 heterocycles. The lowest BCUT2D eigenvalue weighted by Gasteiger charge is -2.42. The molecule has 1 aliphatic heterocycles. The van der Waals surface area contributed by atoms with Crippen molar-refractivity contribution < 1.29 is 24.1 Å². The van der Waals surface area contributed by atoms with Gasteiger partial charge in [0.05, 0.1) is 17.3 Å². The van der Waals surface area contributed by atoms with E-state index in [-0.39, 0.29) is 29.7 Å². The Hall–Kier alpha value is -0.980. The molecule has 4 rings (SSSR count). The lowest BCUT2D eigenvalue weighted by molar-refractivity contribution is -0.153. The molecular weight excluding hydrogens is 368 g/mol. The van der Waals surface area contributed by atoms with Crippen molar-refractivity contribution in [3.8, 4) is 0 Å². The Morgan fingerprint density at radius 1 is 0.897 bits per heavy atom. The van der Waals surface area contributed by atoms with Crippen LogP contribution in [0.2, 0.25) is 0 Å². The van der Waals surface area contributed by atoms with Crippen LogP contribution in [0.25, 0.3) is 0 Å². The second-order valence-corrected chi connectivity index (χ2v) is 9.00. The maximum atomic E-state index is 10.6. The topological polar surface area (TPSA) is 57.2 Å². The zero-order valence-electron chi connectivity index (χ0n) is 17.8. The Bertz CT molecular complexity index is 604. The van der Waals surface area contributed by atoms with E-state index in [1.807, 2.05) is 44.6 Å². The predicted molar refractivity (Wildman–Crippen MR) is 111 cm³/mol. The van der Waals surface area contributed by atoms with E-state index < -0.39 is 6.10 Å². The maximum absolute atomic E-state index is 10.6. The molecule has 0 spiro atoms. The molecule has 0 amide bonds. The lowest BCUT2D eigenvalue weighted by Crippen LogP contribution is -2.56. The summed E-state index contributed by atoms with van der Waals surface area (Å²) in [5.74, 6) is 0. The van der Waals surface area contributed by atoms with E-state index in [2.05, 4.69) is 0 Å². The Labute approximate surface area is 174 Å². The van der Waals surface area contributed by atoms with Gasteiger partial charge in [-0.1, -0.05) is 56.0 Å². The van der Waals surface area contributed by atoms with E-state index in [1.165, 1.54) is 0 Å². The number of benzene rings is 1. The summed E-state index contributed by atoms with van der Waals surface area (Å²) in [6.45, 7) is 0. The van der Waals surface area contributed by atoms with Crippen LogP contribution < -0.4 is 0 Å². The van der Waals surface area contributed by atoms with Crippen LogP contribution in [-0.4, -0.2) is 49.0 Å². The van der Waals surface area contributed by atoms with Gasteiger partial charge in [0.2, 0.25) is 0 Å². The van der Waals surface area contributed by atoms with Crippen LogP contribution in [0.4, 0.5) is 0 Å². The molecule has 29 heavy (non-hydrogen) atoms. The summed E-state index contributed by atoms with van der Waals surface area (Å²) >= 11 is 0. The molecule has 3 atom stereocenters. The fourth-order valence-corrected chi connectivity index (χ4v) is 5.73. The monoisotopic (exact) mass is 404 g/mol. The Balaban J connectivity index is 1.49. The quantitative estimate of drug-likeness (QED) is 0.690. The number of methoxy groups -OCH3 is 2. The molecule has 0 aromatic heterocycles. The molecule has 3 fully saturated rings. The van der Waals surface area contributed by atoms with Gasteiger partial charge >= 0.3 is 0 Å². The summed E-state index contributed by atoms with van der Waals surface area (Å²) in [6.07, 6.45) is 8.87. The third kappa shape index (κ3) is 4.13. The molecule has 1 aromatic rings. The van der Waals surface area contributed by atoms with E-state index in [0.717, 1.165) is 56.9 Å². The van der Waals surface area contributed by atoms with Gasteiger partial charge in [-0.3, -0.25) is 0 Å². The Kier molecular flexibility index (Phi) is 6.62. The highest BCUT2D eigenvalue weighted by molar-refractivity contribution is 5.17. The first-order valence-corrected chi connectivity index (χ1v) is 11.3. The van der Waals surface area contributed by atoms with Gasteiger partial charge < -0.3 is 24.1 Å². The summed E-state index contributed by atoms with van der Waals surface area (Å²) < 4.78 is 25.3. The fraction of sp³-hybridized carbons (Fsp3) is 0.750. The summed E-state index contributed by atoms with van der Waals surface area (Å²) in [5, 5.41) is 10.6. The van der Waals surface area contributed by atoms with Crippen molar-refractivity contribution in [1.29, 1.82) is 0 Å². The van der Waals surface area contributed by atoms with Crippen LogP contribution in [0, 0.1) is 0 Å².